The summed E-state index contributed by atoms with van der Waals surface area (Å²) in [6, 6.07) is 35.1. The fourth-order valence-corrected chi connectivity index (χ4v) is 5.94. The molecule has 8 heteroatoms. The summed E-state index contributed by atoms with van der Waals surface area (Å²) < 4.78 is 2.19. The number of nitrogens with one attached hydrogen (secondary N) is 1. The highest BCUT2D eigenvalue weighted by molar-refractivity contribution is 5.88. The number of likely N-dealkylation sites (tertiary alicyclic amines) is 1. The second kappa shape index (κ2) is 10.5. The number of nitrogens with zero attached hydrogens (tertiary/aromatic N) is 5. The maximum absolute atomic E-state index is 11.7. The molecule has 3 aromatic carbocycles. The molecular weight excluding hydrogens is 500 g/mol. The van der Waals surface area contributed by atoms with E-state index in [-0.39, 0.29) is 25.0 Å². The predicted molar refractivity (Wildman–Crippen MR) is 153 cm³/mol. The summed E-state index contributed by atoms with van der Waals surface area (Å²) in [4.78, 5) is 22.3. The van der Waals surface area contributed by atoms with Gasteiger partial charge in [-0.2, -0.15) is 5.26 Å². The van der Waals surface area contributed by atoms with E-state index in [0.717, 1.165) is 27.7 Å². The number of fused-ring (bicyclic) bond motifs is 1. The minimum atomic E-state index is -1.02. The highest BCUT2D eigenvalue weighted by atomic mass is 16.4. The van der Waals surface area contributed by atoms with E-state index in [9.17, 15) is 15.2 Å². The van der Waals surface area contributed by atoms with Crippen LogP contribution >= 0.6 is 0 Å². The first kappa shape index (κ1) is 25.1. The van der Waals surface area contributed by atoms with Crippen LogP contribution in [-0.4, -0.2) is 49.8 Å². The number of piperidine rings is 1. The zero-order valence-electron chi connectivity index (χ0n) is 21.8. The van der Waals surface area contributed by atoms with Crippen LogP contribution in [0.1, 0.15) is 23.1 Å². The van der Waals surface area contributed by atoms with Gasteiger partial charge in [0.05, 0.1) is 17.4 Å². The van der Waals surface area contributed by atoms with Crippen molar-refractivity contribution in [3.05, 3.63) is 126 Å². The fourth-order valence-electron chi connectivity index (χ4n) is 5.94. The second-order valence-electron chi connectivity index (χ2n) is 10.0. The number of amides is 1. The van der Waals surface area contributed by atoms with E-state index in [4.69, 9.17) is 4.98 Å². The molecule has 40 heavy (non-hydrogen) atoms. The van der Waals surface area contributed by atoms with Gasteiger partial charge in [0.25, 0.3) is 0 Å². The monoisotopic (exact) mass is 528 g/mol. The van der Waals surface area contributed by atoms with Crippen molar-refractivity contribution in [2.45, 2.75) is 18.0 Å². The topological polar surface area (TPSA) is 107 Å². The number of nitriles is 1. The number of aromatic nitrogens is 3. The molecule has 2 N–H and O–H groups in total. The van der Waals surface area contributed by atoms with Gasteiger partial charge in [0.15, 0.2) is 0 Å². The van der Waals surface area contributed by atoms with Crippen LogP contribution in [0.2, 0.25) is 0 Å². The molecule has 8 nitrogen and oxygen atoms in total. The molecule has 0 spiro atoms. The van der Waals surface area contributed by atoms with Gasteiger partial charge in [-0.3, -0.25) is 0 Å². The lowest BCUT2D eigenvalue weighted by molar-refractivity contribution is 0.124. The molecule has 2 unspecified atom stereocenters. The van der Waals surface area contributed by atoms with E-state index in [2.05, 4.69) is 57.3 Å². The lowest BCUT2D eigenvalue weighted by Gasteiger charge is -2.38. The molecule has 198 valence electrons. The maximum atomic E-state index is 11.7. The number of anilines is 1. The van der Waals surface area contributed by atoms with Gasteiger partial charge in [-0.25, -0.2) is 14.8 Å². The van der Waals surface area contributed by atoms with Crippen LogP contribution in [0.4, 0.5) is 10.6 Å². The van der Waals surface area contributed by atoms with Crippen LogP contribution in [0.25, 0.3) is 11.0 Å². The van der Waals surface area contributed by atoms with Gasteiger partial charge in [0.1, 0.15) is 23.3 Å². The number of rotatable bonds is 6. The van der Waals surface area contributed by atoms with Crippen molar-refractivity contribution in [1.82, 2.24) is 19.4 Å². The van der Waals surface area contributed by atoms with Crippen molar-refractivity contribution in [1.29, 1.82) is 5.26 Å². The molecule has 3 heterocycles. The van der Waals surface area contributed by atoms with Crippen molar-refractivity contribution >= 4 is 22.9 Å². The van der Waals surface area contributed by atoms with Crippen LogP contribution in [0.5, 0.6) is 0 Å². The second-order valence-corrected chi connectivity index (χ2v) is 10.0. The first-order valence-electron chi connectivity index (χ1n) is 13.2. The minimum Gasteiger partial charge on any atom is -0.465 e. The molecule has 0 radical (unpaired) electrons. The Bertz CT molecular complexity index is 1570. The standard InChI is InChI=1S/C32H28N6O2/c33-19-23-18-27(21-37(20-23)31(39)40)36-29-28-16-17-38(30(28)35-22-34-29)32(24-10-4-1-5-11-24,25-12-6-2-7-13-25)26-14-8-3-9-15-26/h1-17,22-23,27H,18,20-21H2,(H,39,40)(H,34,35,36). The van der Waals surface area contributed by atoms with Gasteiger partial charge in [-0.15, -0.1) is 0 Å². The number of carboxylic acid groups (broad SMARTS) is 1. The first-order chi connectivity index (χ1) is 19.6. The quantitative estimate of drug-likeness (QED) is 0.279. The molecule has 2 aromatic heterocycles. The van der Waals surface area contributed by atoms with Crippen LogP contribution in [0.3, 0.4) is 0 Å². The minimum absolute atomic E-state index is 0.216. The Kier molecular flexibility index (Phi) is 6.62. The van der Waals surface area contributed by atoms with Gasteiger partial charge >= 0.3 is 6.09 Å². The summed E-state index contributed by atoms with van der Waals surface area (Å²) in [5.74, 6) is 0.229. The Morgan fingerprint density at radius 2 is 1.45 bits per heavy atom. The van der Waals surface area contributed by atoms with E-state index in [0.29, 0.717) is 12.2 Å². The number of hydrogen-bond acceptors (Lipinski definition) is 5. The zero-order chi connectivity index (χ0) is 27.5. The molecule has 5 aromatic rings. The van der Waals surface area contributed by atoms with E-state index in [1.165, 1.54) is 11.2 Å². The SMILES string of the molecule is N#CC1CC(Nc2ncnc3c2ccn3C(c2ccccc2)(c2ccccc2)c2ccccc2)CN(C(=O)O)C1. The molecule has 6 rings (SSSR count). The summed E-state index contributed by atoms with van der Waals surface area (Å²) in [5, 5.41) is 23.4. The smallest absolute Gasteiger partial charge is 0.407 e. The van der Waals surface area contributed by atoms with Gasteiger partial charge in [0, 0.05) is 25.3 Å². The van der Waals surface area contributed by atoms with Crippen molar-refractivity contribution in [2.24, 2.45) is 5.92 Å². The average Bonchev–Trinajstić information content (AvgIpc) is 3.44. The van der Waals surface area contributed by atoms with Crippen LogP contribution in [-0.2, 0) is 5.54 Å². The Balaban J connectivity index is 1.53. The lowest BCUT2D eigenvalue weighted by Crippen LogP contribution is -2.48. The highest BCUT2D eigenvalue weighted by Crippen LogP contribution is 2.43. The van der Waals surface area contributed by atoms with Gasteiger partial charge in [-0.05, 0) is 29.2 Å². The highest BCUT2D eigenvalue weighted by Gasteiger charge is 2.39. The molecule has 1 saturated heterocycles. The summed E-state index contributed by atoms with van der Waals surface area (Å²) in [6.07, 6.45) is 3.09. The third-order valence-corrected chi connectivity index (χ3v) is 7.66. The van der Waals surface area contributed by atoms with Gasteiger partial charge < -0.3 is 19.9 Å². The largest absolute Gasteiger partial charge is 0.465 e. The normalized spacial score (nSPS) is 17.3. The predicted octanol–water partition coefficient (Wildman–Crippen LogP) is 5.58. The molecule has 0 bridgehead atoms. The van der Waals surface area contributed by atoms with Crippen LogP contribution in [0.15, 0.2) is 110 Å². The zero-order valence-corrected chi connectivity index (χ0v) is 21.8. The Hall–Kier alpha value is -5.16. The Morgan fingerprint density at radius 3 is 1.98 bits per heavy atom. The fraction of sp³-hybridized carbons (Fsp3) is 0.188. The Morgan fingerprint density at radius 1 is 0.875 bits per heavy atom. The molecule has 1 aliphatic rings. The Labute approximate surface area is 232 Å². The average molecular weight is 529 g/mol. The third-order valence-electron chi connectivity index (χ3n) is 7.66. The van der Waals surface area contributed by atoms with E-state index < -0.39 is 11.6 Å². The van der Waals surface area contributed by atoms with Crippen LogP contribution in [0, 0.1) is 17.2 Å². The van der Waals surface area contributed by atoms with Crippen molar-refractivity contribution < 1.29 is 9.90 Å². The summed E-state index contributed by atoms with van der Waals surface area (Å²) in [6.45, 7) is 0.495. The lowest BCUT2D eigenvalue weighted by atomic mass is 9.76. The summed E-state index contributed by atoms with van der Waals surface area (Å²) in [5.41, 5.74) is 3.25. The van der Waals surface area contributed by atoms with E-state index in [1.807, 2.05) is 66.9 Å². The van der Waals surface area contributed by atoms with Crippen molar-refractivity contribution in [3.63, 3.8) is 0 Å². The van der Waals surface area contributed by atoms with E-state index in [1.54, 1.807) is 0 Å². The van der Waals surface area contributed by atoms with E-state index >= 15 is 0 Å². The van der Waals surface area contributed by atoms with Gasteiger partial charge in [0.2, 0.25) is 0 Å². The third kappa shape index (κ3) is 4.31. The van der Waals surface area contributed by atoms with Crippen LogP contribution < -0.4 is 5.32 Å². The molecule has 2 atom stereocenters. The number of carbonyl (C=O) groups is 1. The molecule has 0 saturated carbocycles. The van der Waals surface area contributed by atoms with Crippen molar-refractivity contribution in [3.8, 4) is 6.07 Å². The molecular formula is C32H28N6O2. The molecule has 0 aliphatic carbocycles. The van der Waals surface area contributed by atoms with Crippen molar-refractivity contribution in [2.75, 3.05) is 18.4 Å². The summed E-state index contributed by atoms with van der Waals surface area (Å²) in [7, 11) is 0. The summed E-state index contributed by atoms with van der Waals surface area (Å²) >= 11 is 0. The molecule has 1 amide bonds. The molecule has 1 fully saturated rings. The first-order valence-corrected chi connectivity index (χ1v) is 13.2. The van der Waals surface area contributed by atoms with Gasteiger partial charge in [-0.1, -0.05) is 91.0 Å². The maximum Gasteiger partial charge on any atom is 0.407 e. The number of benzene rings is 3. The number of hydrogen-bond donors (Lipinski definition) is 2. The molecule has 1 aliphatic heterocycles.